The lowest BCUT2D eigenvalue weighted by molar-refractivity contribution is 0.511. The zero-order valence-corrected chi connectivity index (χ0v) is 10.3. The molecule has 0 aliphatic rings. The number of oxazole rings is 1. The molecule has 0 saturated carbocycles. The summed E-state index contributed by atoms with van der Waals surface area (Å²) in [5, 5.41) is 3.34. The van der Waals surface area contributed by atoms with Crippen molar-refractivity contribution in [3.05, 3.63) is 45.8 Å². The second-order valence-electron chi connectivity index (χ2n) is 3.07. The molecule has 0 saturated heterocycles. The van der Waals surface area contributed by atoms with Gasteiger partial charge in [-0.2, -0.15) is 0 Å². The number of nitrogens with one attached hydrogen (secondary N) is 1. The van der Waals surface area contributed by atoms with Gasteiger partial charge in [-0.1, -0.05) is 11.6 Å². The van der Waals surface area contributed by atoms with Gasteiger partial charge in [0.05, 0.1) is 23.5 Å². The van der Waals surface area contributed by atoms with Crippen LogP contribution in [0.5, 0.6) is 0 Å². The van der Waals surface area contributed by atoms with E-state index in [1.807, 2.05) is 0 Å². The van der Waals surface area contributed by atoms with Crippen molar-refractivity contribution in [3.63, 3.8) is 0 Å². The molecule has 1 N–H and O–H groups in total. The van der Waals surface area contributed by atoms with Gasteiger partial charge in [0.25, 0.3) is 0 Å². The molecule has 0 radical (unpaired) electrons. The first-order valence-corrected chi connectivity index (χ1v) is 5.59. The second-order valence-corrected chi connectivity index (χ2v) is 4.33. The van der Waals surface area contributed by atoms with Crippen LogP contribution < -0.4 is 5.32 Å². The lowest BCUT2D eigenvalue weighted by Crippen LogP contribution is -2.00. The summed E-state index contributed by atoms with van der Waals surface area (Å²) >= 11 is 9.13. The van der Waals surface area contributed by atoms with Crippen LogP contribution in [0, 0.1) is 5.82 Å². The van der Waals surface area contributed by atoms with Crippen LogP contribution in [0.4, 0.5) is 10.1 Å². The molecular weight excluding hydrogens is 298 g/mol. The second kappa shape index (κ2) is 4.84. The maximum atomic E-state index is 13.0. The topological polar surface area (TPSA) is 38.1 Å². The molecule has 1 heterocycles. The fourth-order valence-corrected chi connectivity index (χ4v) is 2.18. The first-order chi connectivity index (χ1) is 7.66. The zero-order chi connectivity index (χ0) is 11.5. The minimum Gasteiger partial charge on any atom is -0.447 e. The van der Waals surface area contributed by atoms with Crippen LogP contribution in [0.1, 0.15) is 5.76 Å². The normalized spacial score (nSPS) is 10.4. The third-order valence-electron chi connectivity index (χ3n) is 1.93. The summed E-state index contributed by atoms with van der Waals surface area (Å²) in [7, 11) is 0. The van der Waals surface area contributed by atoms with Gasteiger partial charge in [-0.3, -0.25) is 0 Å². The molecule has 0 atom stereocenters. The standard InChI is InChI=1S/C10H7BrClFN2O/c11-8-1-6(13)2-9(12)10(8)15-4-7-3-14-5-16-7/h1-3,5,15H,4H2. The number of aromatic nitrogens is 1. The summed E-state index contributed by atoms with van der Waals surface area (Å²) in [5.74, 6) is 0.286. The monoisotopic (exact) mass is 304 g/mol. The molecule has 2 aromatic rings. The Morgan fingerprint density at radius 1 is 1.50 bits per heavy atom. The molecule has 0 fully saturated rings. The Labute approximate surface area is 105 Å². The largest absolute Gasteiger partial charge is 0.447 e. The summed E-state index contributed by atoms with van der Waals surface area (Å²) in [6.45, 7) is 0.434. The summed E-state index contributed by atoms with van der Waals surface area (Å²) < 4.78 is 18.6. The summed E-state index contributed by atoms with van der Waals surface area (Å²) in [4.78, 5) is 3.78. The van der Waals surface area contributed by atoms with Gasteiger partial charge >= 0.3 is 0 Å². The Morgan fingerprint density at radius 3 is 2.94 bits per heavy atom. The van der Waals surface area contributed by atoms with E-state index < -0.39 is 0 Å². The van der Waals surface area contributed by atoms with Crippen molar-refractivity contribution < 1.29 is 8.81 Å². The smallest absolute Gasteiger partial charge is 0.180 e. The maximum absolute atomic E-state index is 13.0. The Bertz CT molecular complexity index is 467. The maximum Gasteiger partial charge on any atom is 0.180 e. The van der Waals surface area contributed by atoms with Crippen molar-refractivity contribution >= 4 is 33.2 Å². The fourth-order valence-electron chi connectivity index (χ4n) is 1.22. The van der Waals surface area contributed by atoms with Gasteiger partial charge in [-0.15, -0.1) is 0 Å². The average molecular weight is 306 g/mol. The van der Waals surface area contributed by atoms with Crippen molar-refractivity contribution in [2.45, 2.75) is 6.54 Å². The minimum atomic E-state index is -0.387. The Morgan fingerprint density at radius 2 is 2.31 bits per heavy atom. The highest BCUT2D eigenvalue weighted by molar-refractivity contribution is 9.10. The van der Waals surface area contributed by atoms with E-state index in [-0.39, 0.29) is 5.82 Å². The zero-order valence-electron chi connectivity index (χ0n) is 8.01. The molecule has 3 nitrogen and oxygen atoms in total. The molecule has 0 aliphatic heterocycles. The molecule has 0 amide bonds. The molecule has 84 valence electrons. The highest BCUT2D eigenvalue weighted by atomic mass is 79.9. The predicted octanol–water partition coefficient (Wildman–Crippen LogP) is 3.84. The van der Waals surface area contributed by atoms with Crippen LogP contribution in [-0.4, -0.2) is 4.98 Å². The predicted molar refractivity (Wildman–Crippen MR) is 62.9 cm³/mol. The fraction of sp³-hybridized carbons (Fsp3) is 0.100. The molecule has 6 heteroatoms. The first kappa shape index (κ1) is 11.4. The van der Waals surface area contributed by atoms with E-state index in [0.29, 0.717) is 27.5 Å². The third-order valence-corrected chi connectivity index (χ3v) is 2.85. The van der Waals surface area contributed by atoms with Gasteiger partial charge in [0.1, 0.15) is 11.6 Å². The van der Waals surface area contributed by atoms with Crippen LogP contribution in [0.3, 0.4) is 0 Å². The number of benzene rings is 1. The molecule has 1 aromatic heterocycles. The first-order valence-electron chi connectivity index (χ1n) is 4.42. The van der Waals surface area contributed by atoms with Crippen LogP contribution >= 0.6 is 27.5 Å². The minimum absolute atomic E-state index is 0.311. The molecule has 2 rings (SSSR count). The summed E-state index contributed by atoms with van der Waals surface area (Å²) in [5.41, 5.74) is 0.625. The van der Waals surface area contributed by atoms with E-state index in [1.54, 1.807) is 6.20 Å². The van der Waals surface area contributed by atoms with Crippen molar-refractivity contribution in [3.8, 4) is 0 Å². The number of halogens is 3. The van der Waals surface area contributed by atoms with Crippen molar-refractivity contribution in [2.75, 3.05) is 5.32 Å². The van der Waals surface area contributed by atoms with Crippen LogP contribution in [0.25, 0.3) is 0 Å². The molecule has 0 aliphatic carbocycles. The van der Waals surface area contributed by atoms with Gasteiger partial charge in [0.2, 0.25) is 0 Å². The summed E-state index contributed by atoms with van der Waals surface area (Å²) in [6, 6.07) is 2.59. The van der Waals surface area contributed by atoms with Crippen molar-refractivity contribution in [1.82, 2.24) is 4.98 Å². The van der Waals surface area contributed by atoms with E-state index >= 15 is 0 Å². The highest BCUT2D eigenvalue weighted by Crippen LogP contribution is 2.31. The number of nitrogens with zero attached hydrogens (tertiary/aromatic N) is 1. The van der Waals surface area contributed by atoms with E-state index in [0.717, 1.165) is 0 Å². The Kier molecular flexibility index (Phi) is 3.46. The lowest BCUT2D eigenvalue weighted by atomic mass is 10.3. The molecule has 0 unspecified atom stereocenters. The quantitative estimate of drug-likeness (QED) is 0.936. The molecular formula is C10H7BrClFN2O. The summed E-state index contributed by atoms with van der Waals surface area (Å²) in [6.07, 6.45) is 2.94. The highest BCUT2D eigenvalue weighted by Gasteiger charge is 2.08. The number of hydrogen-bond donors (Lipinski definition) is 1. The van der Waals surface area contributed by atoms with Crippen molar-refractivity contribution in [2.24, 2.45) is 0 Å². The van der Waals surface area contributed by atoms with Gasteiger partial charge in [0.15, 0.2) is 6.39 Å². The molecule has 16 heavy (non-hydrogen) atoms. The van der Waals surface area contributed by atoms with Crippen LogP contribution in [0.15, 0.2) is 33.6 Å². The van der Waals surface area contributed by atoms with Gasteiger partial charge < -0.3 is 9.73 Å². The van der Waals surface area contributed by atoms with Crippen molar-refractivity contribution in [1.29, 1.82) is 0 Å². The Balaban J connectivity index is 2.15. The van der Waals surface area contributed by atoms with Gasteiger partial charge in [-0.25, -0.2) is 9.37 Å². The van der Waals surface area contributed by atoms with E-state index in [1.165, 1.54) is 18.5 Å². The Hall–Kier alpha value is -1.07. The molecule has 1 aromatic carbocycles. The average Bonchev–Trinajstić information content (AvgIpc) is 2.68. The van der Waals surface area contributed by atoms with E-state index in [4.69, 9.17) is 16.0 Å². The molecule has 0 spiro atoms. The molecule has 0 bridgehead atoms. The van der Waals surface area contributed by atoms with Crippen LogP contribution in [-0.2, 0) is 6.54 Å². The van der Waals surface area contributed by atoms with E-state index in [2.05, 4.69) is 26.2 Å². The van der Waals surface area contributed by atoms with Gasteiger partial charge in [0, 0.05) is 4.47 Å². The van der Waals surface area contributed by atoms with Gasteiger partial charge in [-0.05, 0) is 28.1 Å². The lowest BCUT2D eigenvalue weighted by Gasteiger charge is -2.09. The van der Waals surface area contributed by atoms with E-state index in [9.17, 15) is 4.39 Å². The number of rotatable bonds is 3. The SMILES string of the molecule is Fc1cc(Cl)c(NCc2cnco2)c(Br)c1. The number of anilines is 1. The third kappa shape index (κ3) is 2.54. The van der Waals surface area contributed by atoms with Crippen LogP contribution in [0.2, 0.25) is 5.02 Å². The number of hydrogen-bond acceptors (Lipinski definition) is 3.